The summed E-state index contributed by atoms with van der Waals surface area (Å²) < 4.78 is 0. The van der Waals surface area contributed by atoms with Crippen molar-refractivity contribution in [2.75, 3.05) is 45.8 Å². The number of aliphatic imine (C=N–C) groups is 1. The lowest BCUT2D eigenvalue weighted by molar-refractivity contribution is 0.329. The summed E-state index contributed by atoms with van der Waals surface area (Å²) in [6, 6.07) is 10.8. The summed E-state index contributed by atoms with van der Waals surface area (Å²) in [7, 11) is 0. The van der Waals surface area contributed by atoms with Crippen molar-refractivity contribution in [2.24, 2.45) is 10.9 Å². The minimum atomic E-state index is 0.719. The summed E-state index contributed by atoms with van der Waals surface area (Å²) in [6.45, 7) is 10.0. The van der Waals surface area contributed by atoms with Gasteiger partial charge in [0.1, 0.15) is 0 Å². The highest BCUT2D eigenvalue weighted by atomic mass is 15.3. The van der Waals surface area contributed by atoms with Gasteiger partial charge in [-0.2, -0.15) is 0 Å². The Morgan fingerprint density at radius 3 is 2.71 bits per heavy atom. The first kappa shape index (κ1) is 17.3. The smallest absolute Gasteiger partial charge is 0.193 e. The predicted octanol–water partition coefficient (Wildman–Crippen LogP) is 2.61. The molecule has 2 fully saturated rings. The highest BCUT2D eigenvalue weighted by molar-refractivity contribution is 5.80. The van der Waals surface area contributed by atoms with Gasteiger partial charge in [-0.25, -0.2) is 0 Å². The molecule has 0 spiro atoms. The van der Waals surface area contributed by atoms with Gasteiger partial charge in [0.25, 0.3) is 0 Å². The van der Waals surface area contributed by atoms with Crippen LogP contribution in [0.1, 0.15) is 31.7 Å². The zero-order valence-corrected chi connectivity index (χ0v) is 15.1. The van der Waals surface area contributed by atoms with E-state index in [2.05, 4.69) is 52.4 Å². The van der Waals surface area contributed by atoms with E-state index < -0.39 is 0 Å². The van der Waals surface area contributed by atoms with E-state index in [1.165, 1.54) is 57.5 Å². The van der Waals surface area contributed by atoms with Crippen LogP contribution >= 0.6 is 0 Å². The molecule has 2 saturated heterocycles. The molecule has 132 valence electrons. The number of likely N-dealkylation sites (tertiary alicyclic amines) is 2. The van der Waals surface area contributed by atoms with Crippen molar-refractivity contribution in [3.05, 3.63) is 35.9 Å². The van der Waals surface area contributed by atoms with E-state index in [9.17, 15) is 0 Å². The van der Waals surface area contributed by atoms with Crippen LogP contribution < -0.4 is 5.32 Å². The molecular formula is C20H32N4. The van der Waals surface area contributed by atoms with Gasteiger partial charge >= 0.3 is 0 Å². The minimum absolute atomic E-state index is 0.719. The maximum Gasteiger partial charge on any atom is 0.193 e. The van der Waals surface area contributed by atoms with Gasteiger partial charge in [0.2, 0.25) is 0 Å². The lowest BCUT2D eigenvalue weighted by Crippen LogP contribution is -2.40. The molecule has 0 amide bonds. The molecule has 1 aromatic rings. The van der Waals surface area contributed by atoms with Gasteiger partial charge in [0, 0.05) is 39.3 Å². The molecule has 2 aliphatic rings. The van der Waals surface area contributed by atoms with Crippen LogP contribution in [-0.4, -0.2) is 61.6 Å². The lowest BCUT2D eigenvalue weighted by atomic mass is 10.1. The summed E-state index contributed by atoms with van der Waals surface area (Å²) in [5.41, 5.74) is 1.45. The number of benzene rings is 1. The molecule has 4 heteroatoms. The fourth-order valence-electron chi connectivity index (χ4n) is 3.77. The molecule has 1 unspecified atom stereocenters. The number of hydrogen-bond donors (Lipinski definition) is 1. The summed E-state index contributed by atoms with van der Waals surface area (Å²) in [6.07, 6.45) is 5.06. The third-order valence-electron chi connectivity index (χ3n) is 5.17. The number of nitrogens with one attached hydrogen (secondary N) is 1. The first-order valence-corrected chi connectivity index (χ1v) is 9.64. The van der Waals surface area contributed by atoms with Crippen molar-refractivity contribution in [2.45, 2.75) is 32.6 Å². The van der Waals surface area contributed by atoms with E-state index in [4.69, 9.17) is 4.99 Å². The summed E-state index contributed by atoms with van der Waals surface area (Å²) >= 11 is 0. The van der Waals surface area contributed by atoms with Crippen molar-refractivity contribution in [1.29, 1.82) is 0 Å². The number of nitrogens with zero attached hydrogens (tertiary/aromatic N) is 3. The quantitative estimate of drug-likeness (QED) is 0.643. The number of hydrogen-bond acceptors (Lipinski definition) is 2. The third kappa shape index (κ3) is 4.97. The molecule has 0 saturated carbocycles. The Balaban J connectivity index is 1.43. The Labute approximate surface area is 146 Å². The van der Waals surface area contributed by atoms with Gasteiger partial charge < -0.3 is 15.1 Å². The average molecular weight is 329 g/mol. The van der Waals surface area contributed by atoms with Crippen LogP contribution in [0.2, 0.25) is 0 Å². The predicted molar refractivity (Wildman–Crippen MR) is 101 cm³/mol. The largest absolute Gasteiger partial charge is 0.357 e. The van der Waals surface area contributed by atoms with Crippen LogP contribution in [0.3, 0.4) is 0 Å². The normalized spacial score (nSPS) is 22.3. The second-order valence-corrected chi connectivity index (χ2v) is 7.08. The summed E-state index contributed by atoms with van der Waals surface area (Å²) in [5, 5.41) is 3.47. The molecule has 0 aliphatic carbocycles. The van der Waals surface area contributed by atoms with Crippen LogP contribution in [-0.2, 0) is 6.42 Å². The average Bonchev–Trinajstić information content (AvgIpc) is 3.30. The molecule has 4 nitrogen and oxygen atoms in total. The van der Waals surface area contributed by atoms with Gasteiger partial charge in [-0.1, -0.05) is 30.3 Å². The molecular weight excluding hydrogens is 296 g/mol. The lowest BCUT2D eigenvalue weighted by Gasteiger charge is -2.21. The highest BCUT2D eigenvalue weighted by Crippen LogP contribution is 2.17. The molecule has 24 heavy (non-hydrogen) atoms. The van der Waals surface area contributed by atoms with E-state index >= 15 is 0 Å². The molecule has 0 bridgehead atoms. The number of guanidine groups is 1. The molecule has 2 aliphatic heterocycles. The standard InChI is InChI=1S/C20H32N4/c1-2-21-20(24-12-6-7-13-24)22-16-19-11-15-23(17-19)14-10-18-8-4-3-5-9-18/h3-5,8-9,19H,2,6-7,10-17H2,1H3,(H,21,22). The van der Waals surface area contributed by atoms with E-state index in [0.717, 1.165) is 31.4 Å². The van der Waals surface area contributed by atoms with E-state index in [1.54, 1.807) is 0 Å². The van der Waals surface area contributed by atoms with Crippen molar-refractivity contribution in [3.63, 3.8) is 0 Å². The van der Waals surface area contributed by atoms with Crippen LogP contribution in [0, 0.1) is 5.92 Å². The molecule has 0 radical (unpaired) electrons. The van der Waals surface area contributed by atoms with Crippen LogP contribution in [0.4, 0.5) is 0 Å². The Morgan fingerprint density at radius 1 is 1.17 bits per heavy atom. The first-order valence-electron chi connectivity index (χ1n) is 9.64. The van der Waals surface area contributed by atoms with Gasteiger partial charge in [0.05, 0.1) is 0 Å². The Morgan fingerprint density at radius 2 is 1.96 bits per heavy atom. The monoisotopic (exact) mass is 328 g/mol. The topological polar surface area (TPSA) is 30.9 Å². The molecule has 2 heterocycles. The van der Waals surface area contributed by atoms with Crippen LogP contribution in [0.25, 0.3) is 0 Å². The van der Waals surface area contributed by atoms with Crippen molar-refractivity contribution in [1.82, 2.24) is 15.1 Å². The minimum Gasteiger partial charge on any atom is -0.357 e. The Bertz CT molecular complexity index is 508. The van der Waals surface area contributed by atoms with Gasteiger partial charge in [-0.15, -0.1) is 0 Å². The van der Waals surface area contributed by atoms with Crippen LogP contribution in [0.5, 0.6) is 0 Å². The Hall–Kier alpha value is -1.55. The van der Waals surface area contributed by atoms with E-state index in [0.29, 0.717) is 0 Å². The van der Waals surface area contributed by atoms with E-state index in [-0.39, 0.29) is 0 Å². The molecule has 3 rings (SSSR count). The zero-order chi connectivity index (χ0) is 16.6. The van der Waals surface area contributed by atoms with Gasteiger partial charge in [-0.05, 0) is 50.6 Å². The maximum atomic E-state index is 4.94. The van der Waals surface area contributed by atoms with Crippen LogP contribution in [0.15, 0.2) is 35.3 Å². The zero-order valence-electron chi connectivity index (χ0n) is 15.1. The Kier molecular flexibility index (Phi) is 6.53. The third-order valence-corrected chi connectivity index (χ3v) is 5.17. The van der Waals surface area contributed by atoms with Crippen molar-refractivity contribution >= 4 is 5.96 Å². The molecule has 1 atom stereocenters. The second kappa shape index (κ2) is 9.07. The van der Waals surface area contributed by atoms with Gasteiger partial charge in [-0.3, -0.25) is 4.99 Å². The number of rotatable bonds is 6. The molecule has 1 aromatic carbocycles. The van der Waals surface area contributed by atoms with Crippen molar-refractivity contribution in [3.8, 4) is 0 Å². The summed E-state index contributed by atoms with van der Waals surface area (Å²) in [4.78, 5) is 9.96. The molecule has 0 aromatic heterocycles. The SMILES string of the molecule is CCNC(=NCC1CCN(CCc2ccccc2)C1)N1CCCC1. The molecule has 1 N–H and O–H groups in total. The fourth-order valence-corrected chi connectivity index (χ4v) is 3.77. The maximum absolute atomic E-state index is 4.94. The summed E-state index contributed by atoms with van der Waals surface area (Å²) in [5.74, 6) is 1.86. The first-order chi connectivity index (χ1) is 11.8. The van der Waals surface area contributed by atoms with Crippen molar-refractivity contribution < 1.29 is 0 Å². The second-order valence-electron chi connectivity index (χ2n) is 7.08. The van der Waals surface area contributed by atoms with Gasteiger partial charge in [0.15, 0.2) is 5.96 Å². The van der Waals surface area contributed by atoms with E-state index in [1.807, 2.05) is 0 Å². The highest BCUT2D eigenvalue weighted by Gasteiger charge is 2.23. The fraction of sp³-hybridized carbons (Fsp3) is 0.650.